The van der Waals surface area contributed by atoms with Crippen molar-refractivity contribution in [2.24, 2.45) is 0 Å². The summed E-state index contributed by atoms with van der Waals surface area (Å²) >= 11 is 0. The summed E-state index contributed by atoms with van der Waals surface area (Å²) in [6.45, 7) is 0. The molecule has 2 rings (SSSR count). The molecule has 1 N–H and O–H groups in total. The zero-order valence-corrected chi connectivity index (χ0v) is 9.31. The van der Waals surface area contributed by atoms with E-state index in [2.05, 4.69) is 4.98 Å². The van der Waals surface area contributed by atoms with Crippen LogP contribution < -0.4 is 0 Å². The highest BCUT2D eigenvalue weighted by Crippen LogP contribution is 2.18. The van der Waals surface area contributed by atoms with Crippen molar-refractivity contribution >= 4 is 20.9 Å². The molecule has 0 radical (unpaired) electrons. The summed E-state index contributed by atoms with van der Waals surface area (Å²) in [5.41, 5.74) is 0.900. The topological polar surface area (TPSA) is 67.3 Å². The van der Waals surface area contributed by atoms with E-state index in [1.54, 1.807) is 12.4 Å². The third kappa shape index (κ3) is 2.56. The third-order valence-electron chi connectivity index (χ3n) is 2.40. The molecular formula is C11H11NO3S. The fraction of sp³-hybridized carbons (Fsp3) is 0.182. The second kappa shape index (κ2) is 4.19. The lowest BCUT2D eigenvalue weighted by atomic mass is 10.1. The first-order valence-corrected chi connectivity index (χ1v) is 6.44. The van der Waals surface area contributed by atoms with Crippen molar-refractivity contribution in [1.82, 2.24) is 4.98 Å². The molecule has 0 atom stereocenters. The Labute approximate surface area is 93.7 Å². The van der Waals surface area contributed by atoms with Gasteiger partial charge in [0.15, 0.2) is 0 Å². The van der Waals surface area contributed by atoms with Crippen LogP contribution in [0.15, 0.2) is 36.7 Å². The van der Waals surface area contributed by atoms with Gasteiger partial charge in [-0.15, -0.1) is 0 Å². The highest BCUT2D eigenvalue weighted by atomic mass is 32.2. The molecular weight excluding hydrogens is 226 g/mol. The molecule has 4 nitrogen and oxygen atoms in total. The SMILES string of the molecule is O=S(=O)(O)CCc1cccc2cnccc12. The lowest BCUT2D eigenvalue weighted by Gasteiger charge is -2.04. The van der Waals surface area contributed by atoms with Crippen LogP contribution in [0.25, 0.3) is 10.8 Å². The molecule has 2 aromatic rings. The molecule has 1 aromatic carbocycles. The molecule has 0 amide bonds. The summed E-state index contributed by atoms with van der Waals surface area (Å²) in [6.07, 6.45) is 3.70. The molecule has 0 bridgehead atoms. The minimum Gasteiger partial charge on any atom is -0.286 e. The summed E-state index contributed by atoms with van der Waals surface area (Å²) in [7, 11) is -3.91. The van der Waals surface area contributed by atoms with Crippen LogP contribution in [0.5, 0.6) is 0 Å². The largest absolute Gasteiger partial charge is 0.286 e. The Hall–Kier alpha value is -1.46. The smallest absolute Gasteiger partial charge is 0.265 e. The lowest BCUT2D eigenvalue weighted by Crippen LogP contribution is -2.06. The van der Waals surface area contributed by atoms with E-state index in [1.807, 2.05) is 24.3 Å². The Morgan fingerprint density at radius 2 is 2.06 bits per heavy atom. The molecule has 0 aliphatic heterocycles. The maximum absolute atomic E-state index is 10.7. The van der Waals surface area contributed by atoms with Crippen molar-refractivity contribution in [2.75, 3.05) is 5.75 Å². The molecule has 1 heterocycles. The third-order valence-corrected chi connectivity index (χ3v) is 3.12. The van der Waals surface area contributed by atoms with E-state index < -0.39 is 10.1 Å². The number of benzene rings is 1. The van der Waals surface area contributed by atoms with Gasteiger partial charge in [0.05, 0.1) is 5.75 Å². The number of pyridine rings is 1. The van der Waals surface area contributed by atoms with Crippen molar-refractivity contribution in [1.29, 1.82) is 0 Å². The van der Waals surface area contributed by atoms with E-state index in [9.17, 15) is 8.42 Å². The van der Waals surface area contributed by atoms with E-state index in [1.165, 1.54) is 0 Å². The maximum Gasteiger partial charge on any atom is 0.265 e. The molecule has 84 valence electrons. The highest BCUT2D eigenvalue weighted by Gasteiger charge is 2.07. The first kappa shape index (κ1) is 11.0. The number of fused-ring (bicyclic) bond motifs is 1. The minimum absolute atomic E-state index is 0.256. The van der Waals surface area contributed by atoms with E-state index in [-0.39, 0.29) is 5.75 Å². The van der Waals surface area contributed by atoms with E-state index >= 15 is 0 Å². The van der Waals surface area contributed by atoms with Gasteiger partial charge in [0.1, 0.15) is 0 Å². The summed E-state index contributed by atoms with van der Waals surface area (Å²) in [4.78, 5) is 4.00. The van der Waals surface area contributed by atoms with Gasteiger partial charge in [0.25, 0.3) is 10.1 Å². The van der Waals surface area contributed by atoms with Crippen molar-refractivity contribution < 1.29 is 13.0 Å². The van der Waals surface area contributed by atoms with Gasteiger partial charge in [0.2, 0.25) is 0 Å². The normalized spacial score (nSPS) is 11.8. The van der Waals surface area contributed by atoms with Crippen molar-refractivity contribution in [3.05, 3.63) is 42.2 Å². The zero-order chi connectivity index (χ0) is 11.6. The molecule has 0 saturated carbocycles. The van der Waals surface area contributed by atoms with Gasteiger partial charge in [-0.1, -0.05) is 18.2 Å². The molecule has 5 heteroatoms. The second-order valence-corrected chi connectivity index (χ2v) is 5.12. The number of hydrogen-bond donors (Lipinski definition) is 1. The van der Waals surface area contributed by atoms with Crippen LogP contribution in [0.3, 0.4) is 0 Å². The van der Waals surface area contributed by atoms with Crippen LogP contribution in [0.2, 0.25) is 0 Å². The van der Waals surface area contributed by atoms with Crippen LogP contribution in [0.4, 0.5) is 0 Å². The highest BCUT2D eigenvalue weighted by molar-refractivity contribution is 7.85. The average Bonchev–Trinajstić information content (AvgIpc) is 2.25. The van der Waals surface area contributed by atoms with Crippen LogP contribution in [0, 0.1) is 0 Å². The Bertz CT molecular complexity index is 602. The number of aryl methyl sites for hydroxylation is 1. The van der Waals surface area contributed by atoms with Crippen LogP contribution in [-0.4, -0.2) is 23.7 Å². The number of aromatic nitrogens is 1. The fourth-order valence-electron chi connectivity index (χ4n) is 1.65. The quantitative estimate of drug-likeness (QED) is 0.824. The first-order valence-electron chi connectivity index (χ1n) is 4.83. The van der Waals surface area contributed by atoms with Gasteiger partial charge in [0, 0.05) is 17.8 Å². The summed E-state index contributed by atoms with van der Waals surface area (Å²) in [5, 5.41) is 1.94. The second-order valence-electron chi connectivity index (χ2n) is 3.55. The Balaban J connectivity index is 2.38. The molecule has 0 aliphatic carbocycles. The first-order chi connectivity index (χ1) is 7.56. The molecule has 0 aliphatic rings. The average molecular weight is 237 g/mol. The Morgan fingerprint density at radius 3 is 2.81 bits per heavy atom. The molecule has 0 saturated heterocycles. The maximum atomic E-state index is 10.7. The van der Waals surface area contributed by atoms with Crippen molar-refractivity contribution in [2.45, 2.75) is 6.42 Å². The molecule has 0 unspecified atom stereocenters. The molecule has 1 aromatic heterocycles. The Kier molecular flexibility index (Phi) is 2.89. The number of nitrogens with zero attached hydrogens (tertiary/aromatic N) is 1. The monoisotopic (exact) mass is 237 g/mol. The van der Waals surface area contributed by atoms with Crippen LogP contribution in [-0.2, 0) is 16.5 Å². The lowest BCUT2D eigenvalue weighted by molar-refractivity contribution is 0.483. The van der Waals surface area contributed by atoms with Gasteiger partial charge in [-0.3, -0.25) is 9.54 Å². The minimum atomic E-state index is -3.91. The molecule has 16 heavy (non-hydrogen) atoms. The molecule has 0 spiro atoms. The number of rotatable bonds is 3. The summed E-state index contributed by atoms with van der Waals surface area (Å²) in [6, 6.07) is 7.46. The van der Waals surface area contributed by atoms with Crippen molar-refractivity contribution in [3.63, 3.8) is 0 Å². The Morgan fingerprint density at radius 1 is 1.25 bits per heavy atom. The van der Waals surface area contributed by atoms with Gasteiger partial charge in [-0.25, -0.2) is 0 Å². The summed E-state index contributed by atoms with van der Waals surface area (Å²) < 4.78 is 30.1. The van der Waals surface area contributed by atoms with Gasteiger partial charge < -0.3 is 0 Å². The molecule has 0 fully saturated rings. The number of hydrogen-bond acceptors (Lipinski definition) is 3. The predicted octanol–water partition coefficient (Wildman–Crippen LogP) is 1.67. The predicted molar refractivity (Wildman–Crippen MR) is 61.9 cm³/mol. The van der Waals surface area contributed by atoms with Crippen LogP contribution in [0.1, 0.15) is 5.56 Å². The van der Waals surface area contributed by atoms with E-state index in [4.69, 9.17) is 4.55 Å². The zero-order valence-electron chi connectivity index (χ0n) is 8.50. The van der Waals surface area contributed by atoms with Crippen LogP contribution >= 0.6 is 0 Å². The fourth-order valence-corrected chi connectivity index (χ4v) is 2.12. The standard InChI is InChI=1S/C11H11NO3S/c13-16(14,15)7-5-9-2-1-3-10-8-12-6-4-11(9)10/h1-4,6,8H,5,7H2,(H,13,14,15). The van der Waals surface area contributed by atoms with Gasteiger partial charge >= 0.3 is 0 Å². The van der Waals surface area contributed by atoms with Gasteiger partial charge in [-0.05, 0) is 23.4 Å². The van der Waals surface area contributed by atoms with Crippen molar-refractivity contribution in [3.8, 4) is 0 Å². The summed E-state index contributed by atoms with van der Waals surface area (Å²) in [5.74, 6) is -0.256. The van der Waals surface area contributed by atoms with E-state index in [0.29, 0.717) is 6.42 Å². The van der Waals surface area contributed by atoms with Gasteiger partial charge in [-0.2, -0.15) is 8.42 Å². The van der Waals surface area contributed by atoms with E-state index in [0.717, 1.165) is 16.3 Å².